The Morgan fingerprint density at radius 2 is 1.84 bits per heavy atom. The summed E-state index contributed by atoms with van der Waals surface area (Å²) in [5.41, 5.74) is 1.13. The van der Waals surface area contributed by atoms with Crippen molar-refractivity contribution >= 4 is 11.7 Å². The van der Waals surface area contributed by atoms with E-state index in [2.05, 4.69) is 20.4 Å². The summed E-state index contributed by atoms with van der Waals surface area (Å²) in [7, 11) is 0. The van der Waals surface area contributed by atoms with Crippen LogP contribution in [0.25, 0.3) is 16.8 Å². The lowest BCUT2D eigenvalue weighted by molar-refractivity contribution is 0.0502. The van der Waals surface area contributed by atoms with Crippen LogP contribution in [0.5, 0.6) is 0 Å². The van der Waals surface area contributed by atoms with Crippen LogP contribution < -0.4 is 10.9 Å². The Morgan fingerprint density at radius 3 is 2.43 bits per heavy atom. The molecule has 4 rings (SSSR count). The fraction of sp³-hybridized carbons (Fsp3) is 0.333. The first-order chi connectivity index (χ1) is 17.4. The van der Waals surface area contributed by atoms with Gasteiger partial charge in [-0.1, -0.05) is 19.9 Å². The van der Waals surface area contributed by atoms with E-state index < -0.39 is 34.9 Å². The molecule has 1 amide bonds. The molecule has 37 heavy (non-hydrogen) atoms. The van der Waals surface area contributed by atoms with Crippen molar-refractivity contribution < 1.29 is 18.3 Å². The van der Waals surface area contributed by atoms with Gasteiger partial charge in [0.1, 0.15) is 17.2 Å². The van der Waals surface area contributed by atoms with Crippen molar-refractivity contribution in [1.29, 1.82) is 0 Å². The summed E-state index contributed by atoms with van der Waals surface area (Å²) in [4.78, 5) is 35.6. The number of nitrogens with one attached hydrogen (secondary N) is 2. The first-order valence-corrected chi connectivity index (χ1v) is 11.9. The number of carbonyl (C=O) groups excluding carboxylic acids is 1. The average Bonchev–Trinajstić information content (AvgIpc) is 3.26. The zero-order chi connectivity index (χ0) is 26.9. The SMILES string of the molecule is CC(C)c1ccc(-c2c([C@H](Cc3cc(F)cc(F)c3)NC(=O)OC(C)(C)C)nc3cc[nH]n3c2=O)cn1. The number of pyridine rings is 1. The molecule has 1 aromatic carbocycles. The number of alkyl carbamates (subject to hydrolysis) is 1. The number of fused-ring (bicyclic) bond motifs is 1. The molecule has 0 spiro atoms. The minimum atomic E-state index is -0.955. The van der Waals surface area contributed by atoms with Gasteiger partial charge in [-0.15, -0.1) is 0 Å². The molecule has 0 fully saturated rings. The summed E-state index contributed by atoms with van der Waals surface area (Å²) in [6.07, 6.45) is 2.34. The molecular weight excluding hydrogens is 480 g/mol. The molecule has 4 aromatic rings. The fourth-order valence-corrected chi connectivity index (χ4v) is 4.03. The van der Waals surface area contributed by atoms with Gasteiger partial charge in [0.05, 0.1) is 17.3 Å². The van der Waals surface area contributed by atoms with Crippen molar-refractivity contribution in [2.24, 2.45) is 0 Å². The van der Waals surface area contributed by atoms with E-state index in [-0.39, 0.29) is 29.2 Å². The van der Waals surface area contributed by atoms with Gasteiger partial charge in [0.15, 0.2) is 5.65 Å². The van der Waals surface area contributed by atoms with Crippen LogP contribution in [0.3, 0.4) is 0 Å². The van der Waals surface area contributed by atoms with E-state index in [1.54, 1.807) is 45.3 Å². The largest absolute Gasteiger partial charge is 0.444 e. The summed E-state index contributed by atoms with van der Waals surface area (Å²) >= 11 is 0. The van der Waals surface area contributed by atoms with Gasteiger partial charge >= 0.3 is 6.09 Å². The normalized spacial score (nSPS) is 12.6. The highest BCUT2D eigenvalue weighted by Gasteiger charge is 2.27. The molecule has 3 aromatic heterocycles. The van der Waals surface area contributed by atoms with Crippen molar-refractivity contribution in [3.63, 3.8) is 0 Å². The molecule has 0 bridgehead atoms. The number of nitrogens with zero attached hydrogens (tertiary/aromatic N) is 3. The predicted octanol–water partition coefficient (Wildman–Crippen LogP) is 5.29. The van der Waals surface area contributed by atoms with Crippen LogP contribution in [0.15, 0.2) is 53.6 Å². The highest BCUT2D eigenvalue weighted by molar-refractivity contribution is 5.71. The third-order valence-electron chi connectivity index (χ3n) is 5.62. The number of hydrogen-bond donors (Lipinski definition) is 2. The topological polar surface area (TPSA) is 101 Å². The number of aromatic amines is 1. The second-order valence-corrected chi connectivity index (χ2v) is 10.1. The summed E-state index contributed by atoms with van der Waals surface area (Å²) in [5.74, 6) is -1.33. The molecule has 0 radical (unpaired) electrons. The third kappa shape index (κ3) is 6.02. The van der Waals surface area contributed by atoms with Crippen LogP contribution in [0.2, 0.25) is 0 Å². The summed E-state index contributed by atoms with van der Waals surface area (Å²) in [6, 6.07) is 7.37. The molecular formula is C27H29F2N5O3. The molecule has 10 heteroatoms. The fourth-order valence-electron chi connectivity index (χ4n) is 4.03. The molecule has 0 aliphatic rings. The minimum absolute atomic E-state index is 0.0501. The van der Waals surface area contributed by atoms with E-state index in [9.17, 15) is 18.4 Å². The van der Waals surface area contributed by atoms with Gasteiger partial charge < -0.3 is 10.1 Å². The Labute approximate surface area is 212 Å². The monoisotopic (exact) mass is 509 g/mol. The van der Waals surface area contributed by atoms with Crippen LogP contribution in [-0.2, 0) is 11.2 Å². The Balaban J connectivity index is 1.89. The maximum Gasteiger partial charge on any atom is 0.408 e. The summed E-state index contributed by atoms with van der Waals surface area (Å²) < 4.78 is 34.7. The lowest BCUT2D eigenvalue weighted by atomic mass is 9.96. The first-order valence-electron chi connectivity index (χ1n) is 11.9. The van der Waals surface area contributed by atoms with Crippen molar-refractivity contribution in [3.05, 3.63) is 87.7 Å². The van der Waals surface area contributed by atoms with Crippen molar-refractivity contribution in [2.75, 3.05) is 0 Å². The zero-order valence-corrected chi connectivity index (χ0v) is 21.3. The van der Waals surface area contributed by atoms with Gasteiger partial charge in [-0.05, 0) is 56.9 Å². The van der Waals surface area contributed by atoms with Crippen LogP contribution in [-0.4, -0.2) is 31.3 Å². The van der Waals surface area contributed by atoms with Gasteiger partial charge in [0.25, 0.3) is 5.56 Å². The Kier molecular flexibility index (Phi) is 7.11. The number of halogens is 2. The second-order valence-electron chi connectivity index (χ2n) is 10.1. The first kappa shape index (κ1) is 26.0. The van der Waals surface area contributed by atoms with Crippen LogP contribution in [0, 0.1) is 11.6 Å². The van der Waals surface area contributed by atoms with E-state index in [0.717, 1.165) is 11.8 Å². The van der Waals surface area contributed by atoms with Gasteiger partial charge in [0, 0.05) is 35.8 Å². The van der Waals surface area contributed by atoms with E-state index in [1.165, 1.54) is 16.6 Å². The molecule has 0 aliphatic carbocycles. The average molecular weight is 510 g/mol. The molecule has 194 valence electrons. The molecule has 1 atom stereocenters. The molecule has 0 saturated heterocycles. The van der Waals surface area contributed by atoms with Crippen molar-refractivity contribution in [3.8, 4) is 11.1 Å². The summed E-state index contributed by atoms with van der Waals surface area (Å²) in [5, 5.41) is 5.59. The van der Waals surface area contributed by atoms with E-state index in [1.807, 2.05) is 19.9 Å². The standard InChI is InChI=1S/C27H29F2N5O3/c1-15(2)20-7-6-17(14-30-20)23-24(33-22-8-9-31-34(22)25(23)35)21(32-26(36)37-27(3,4)5)12-16-10-18(28)13-19(29)11-16/h6-11,13-15,21,31H,12H2,1-5H3,(H,32,36)/t21-/m0/s1. The maximum atomic E-state index is 14.0. The Morgan fingerprint density at radius 1 is 1.14 bits per heavy atom. The number of rotatable bonds is 6. The number of aromatic nitrogens is 4. The molecule has 3 heterocycles. The number of carbonyl (C=O) groups is 1. The smallest absolute Gasteiger partial charge is 0.408 e. The number of H-pyrrole nitrogens is 1. The number of hydrogen-bond acceptors (Lipinski definition) is 5. The lowest BCUT2D eigenvalue weighted by Gasteiger charge is -2.25. The van der Waals surface area contributed by atoms with Crippen LogP contribution >= 0.6 is 0 Å². The highest BCUT2D eigenvalue weighted by atomic mass is 19.1. The minimum Gasteiger partial charge on any atom is -0.444 e. The van der Waals surface area contributed by atoms with E-state index in [4.69, 9.17) is 4.74 Å². The van der Waals surface area contributed by atoms with Crippen molar-refractivity contribution in [2.45, 2.75) is 58.6 Å². The number of ether oxygens (including phenoxy) is 1. The molecule has 0 saturated carbocycles. The van der Waals surface area contributed by atoms with Crippen LogP contribution in [0.1, 0.15) is 63.5 Å². The van der Waals surface area contributed by atoms with Gasteiger partial charge in [-0.25, -0.2) is 23.1 Å². The molecule has 0 aliphatic heterocycles. The number of benzene rings is 1. The quantitative estimate of drug-likeness (QED) is 0.368. The third-order valence-corrected chi connectivity index (χ3v) is 5.62. The van der Waals surface area contributed by atoms with E-state index >= 15 is 0 Å². The predicted molar refractivity (Wildman–Crippen MR) is 135 cm³/mol. The molecule has 8 nitrogen and oxygen atoms in total. The van der Waals surface area contributed by atoms with Gasteiger partial charge in [-0.3, -0.25) is 14.9 Å². The summed E-state index contributed by atoms with van der Waals surface area (Å²) in [6.45, 7) is 9.16. The molecule has 2 N–H and O–H groups in total. The maximum absolute atomic E-state index is 14.0. The lowest BCUT2D eigenvalue weighted by Crippen LogP contribution is -2.37. The molecule has 0 unspecified atom stereocenters. The zero-order valence-electron chi connectivity index (χ0n) is 21.3. The highest BCUT2D eigenvalue weighted by Crippen LogP contribution is 2.28. The van der Waals surface area contributed by atoms with E-state index in [0.29, 0.717) is 11.2 Å². The van der Waals surface area contributed by atoms with Gasteiger partial charge in [-0.2, -0.15) is 0 Å². The second kappa shape index (κ2) is 10.1. The van der Waals surface area contributed by atoms with Crippen molar-refractivity contribution in [1.82, 2.24) is 24.9 Å². The Hall–Kier alpha value is -4.08. The van der Waals surface area contributed by atoms with Crippen LogP contribution in [0.4, 0.5) is 13.6 Å². The Bertz CT molecular complexity index is 1470. The van der Waals surface area contributed by atoms with Gasteiger partial charge in [0.2, 0.25) is 0 Å². The number of amides is 1.